The predicted octanol–water partition coefficient (Wildman–Crippen LogP) is 4.28. The first-order valence-corrected chi connectivity index (χ1v) is 9.97. The van der Waals surface area contributed by atoms with E-state index in [2.05, 4.69) is 10.4 Å². The van der Waals surface area contributed by atoms with Crippen molar-refractivity contribution in [2.75, 3.05) is 19.0 Å². The van der Waals surface area contributed by atoms with Gasteiger partial charge in [-0.25, -0.2) is 5.01 Å². The number of ketones is 1. The average Bonchev–Trinajstić information content (AvgIpc) is 3.48. The molecule has 7 heteroatoms. The highest BCUT2D eigenvalue weighted by Crippen LogP contribution is 2.33. The van der Waals surface area contributed by atoms with Crippen molar-refractivity contribution in [2.24, 2.45) is 5.10 Å². The summed E-state index contributed by atoms with van der Waals surface area (Å²) in [5, 5.41) is 9.20. The molecule has 1 unspecified atom stereocenters. The monoisotopic (exact) mass is 417 g/mol. The first-order valence-electron chi connectivity index (χ1n) is 9.97. The van der Waals surface area contributed by atoms with Crippen molar-refractivity contribution in [3.05, 3.63) is 83.8 Å². The van der Waals surface area contributed by atoms with Gasteiger partial charge in [0.25, 0.3) is 5.91 Å². The Labute approximate surface area is 180 Å². The first-order chi connectivity index (χ1) is 15.0. The highest BCUT2D eigenvalue weighted by Gasteiger charge is 2.34. The van der Waals surface area contributed by atoms with Gasteiger partial charge in [0.2, 0.25) is 0 Å². The van der Waals surface area contributed by atoms with Crippen molar-refractivity contribution in [1.29, 1.82) is 0 Å². The molecule has 0 saturated heterocycles. The minimum Gasteiger partial charge on any atom is -0.497 e. The second kappa shape index (κ2) is 8.87. The topological polar surface area (TPSA) is 84.1 Å². The van der Waals surface area contributed by atoms with Gasteiger partial charge in [-0.15, -0.1) is 0 Å². The van der Waals surface area contributed by atoms with Crippen LogP contribution in [-0.2, 0) is 4.79 Å². The van der Waals surface area contributed by atoms with Crippen LogP contribution in [0.4, 0.5) is 5.69 Å². The number of anilines is 1. The van der Waals surface area contributed by atoms with Crippen LogP contribution in [0.5, 0.6) is 5.75 Å². The molecule has 7 nitrogen and oxygen atoms in total. The number of hydrogen-bond acceptors (Lipinski definition) is 6. The van der Waals surface area contributed by atoms with Gasteiger partial charge in [-0.2, -0.15) is 5.10 Å². The lowest BCUT2D eigenvalue weighted by Crippen LogP contribution is -2.32. The summed E-state index contributed by atoms with van der Waals surface area (Å²) in [6.07, 6.45) is 2.15. The highest BCUT2D eigenvalue weighted by atomic mass is 16.5. The third-order valence-corrected chi connectivity index (χ3v) is 5.20. The Hall–Kier alpha value is -3.87. The average molecular weight is 417 g/mol. The molecular weight excluding hydrogens is 394 g/mol. The molecule has 0 bridgehead atoms. The van der Waals surface area contributed by atoms with E-state index < -0.39 is 0 Å². The molecule has 31 heavy (non-hydrogen) atoms. The third-order valence-electron chi connectivity index (χ3n) is 5.20. The number of carbonyl (C=O) groups is 2. The van der Waals surface area contributed by atoms with Gasteiger partial charge in [-0.3, -0.25) is 9.59 Å². The highest BCUT2D eigenvalue weighted by molar-refractivity contribution is 6.03. The summed E-state index contributed by atoms with van der Waals surface area (Å²) in [7, 11) is 1.62. The maximum absolute atomic E-state index is 13.0. The summed E-state index contributed by atoms with van der Waals surface area (Å²) >= 11 is 0. The van der Waals surface area contributed by atoms with E-state index in [9.17, 15) is 9.59 Å². The van der Waals surface area contributed by atoms with Gasteiger partial charge in [0.1, 0.15) is 17.6 Å². The Balaban J connectivity index is 1.51. The van der Waals surface area contributed by atoms with E-state index in [0.29, 0.717) is 17.7 Å². The van der Waals surface area contributed by atoms with Crippen LogP contribution in [-0.4, -0.2) is 36.1 Å². The minimum atomic E-state index is -0.304. The molecule has 3 aromatic rings. The summed E-state index contributed by atoms with van der Waals surface area (Å²) in [6.45, 7) is 1.59. The second-order valence-corrected chi connectivity index (χ2v) is 7.24. The number of Topliss-reactive ketones (excluding diaryl/α,β-unsaturated/α-hetero) is 1. The van der Waals surface area contributed by atoms with Gasteiger partial charge in [0.05, 0.1) is 25.6 Å². The van der Waals surface area contributed by atoms with Crippen molar-refractivity contribution in [2.45, 2.75) is 19.4 Å². The Morgan fingerprint density at radius 3 is 2.48 bits per heavy atom. The molecule has 0 saturated carbocycles. The van der Waals surface area contributed by atoms with Crippen molar-refractivity contribution < 1.29 is 18.7 Å². The van der Waals surface area contributed by atoms with Crippen molar-refractivity contribution in [3.63, 3.8) is 0 Å². The molecular formula is C24H23N3O4. The molecule has 1 N–H and O–H groups in total. The fourth-order valence-corrected chi connectivity index (χ4v) is 3.48. The predicted molar refractivity (Wildman–Crippen MR) is 117 cm³/mol. The van der Waals surface area contributed by atoms with Crippen LogP contribution < -0.4 is 10.1 Å². The zero-order valence-corrected chi connectivity index (χ0v) is 17.4. The first kappa shape index (κ1) is 20.4. The number of rotatable bonds is 7. The van der Waals surface area contributed by atoms with Gasteiger partial charge in [-0.1, -0.05) is 0 Å². The maximum atomic E-state index is 13.0. The SMILES string of the molecule is COc1ccc(C2=NN(C(=O)CNc3ccc(C(C)=O)cc3)C(c3ccco3)C2)cc1. The van der Waals surface area contributed by atoms with Gasteiger partial charge in [0, 0.05) is 17.7 Å². The maximum Gasteiger partial charge on any atom is 0.262 e. The summed E-state index contributed by atoms with van der Waals surface area (Å²) in [5.74, 6) is 1.27. The number of hydrazone groups is 1. The van der Waals surface area contributed by atoms with E-state index in [1.807, 2.05) is 30.3 Å². The molecule has 1 aliphatic heterocycles. The molecule has 2 heterocycles. The molecule has 0 spiro atoms. The lowest BCUT2D eigenvalue weighted by Gasteiger charge is -2.20. The van der Waals surface area contributed by atoms with Crippen molar-refractivity contribution in [3.8, 4) is 5.75 Å². The zero-order chi connectivity index (χ0) is 21.8. The van der Waals surface area contributed by atoms with Crippen LogP contribution in [0.3, 0.4) is 0 Å². The zero-order valence-electron chi connectivity index (χ0n) is 17.4. The minimum absolute atomic E-state index is 0.00128. The fourth-order valence-electron chi connectivity index (χ4n) is 3.48. The molecule has 1 atom stereocenters. The van der Waals surface area contributed by atoms with Crippen LogP contribution in [0.1, 0.15) is 41.1 Å². The summed E-state index contributed by atoms with van der Waals surface area (Å²) in [6, 6.07) is 18.0. The molecule has 2 aromatic carbocycles. The molecule has 0 aliphatic carbocycles. The fraction of sp³-hybridized carbons (Fsp3) is 0.208. The number of nitrogens with zero attached hydrogens (tertiary/aromatic N) is 2. The molecule has 1 amide bonds. The second-order valence-electron chi connectivity index (χ2n) is 7.24. The number of carbonyl (C=O) groups excluding carboxylic acids is 2. The molecule has 4 rings (SSSR count). The van der Waals surface area contributed by atoms with Gasteiger partial charge in [-0.05, 0) is 73.2 Å². The number of furan rings is 1. The molecule has 0 fully saturated rings. The van der Waals surface area contributed by atoms with E-state index in [1.165, 1.54) is 11.9 Å². The molecule has 1 aliphatic rings. The Bertz CT molecular complexity index is 1090. The number of benzene rings is 2. The van der Waals surface area contributed by atoms with Crippen LogP contribution in [0.2, 0.25) is 0 Å². The van der Waals surface area contributed by atoms with E-state index >= 15 is 0 Å². The molecule has 158 valence electrons. The lowest BCUT2D eigenvalue weighted by molar-refractivity contribution is -0.131. The normalized spacial score (nSPS) is 15.5. The van der Waals surface area contributed by atoms with E-state index in [-0.39, 0.29) is 24.3 Å². The number of methoxy groups -OCH3 is 1. The van der Waals surface area contributed by atoms with Crippen LogP contribution in [0.15, 0.2) is 76.4 Å². The van der Waals surface area contributed by atoms with Crippen LogP contribution in [0, 0.1) is 0 Å². The van der Waals surface area contributed by atoms with Crippen LogP contribution in [0.25, 0.3) is 0 Å². The Morgan fingerprint density at radius 1 is 1.13 bits per heavy atom. The van der Waals surface area contributed by atoms with Gasteiger partial charge in [0.15, 0.2) is 5.78 Å². The Morgan fingerprint density at radius 2 is 1.87 bits per heavy atom. The van der Waals surface area contributed by atoms with E-state index in [0.717, 1.165) is 22.7 Å². The van der Waals surface area contributed by atoms with E-state index in [1.54, 1.807) is 43.7 Å². The smallest absolute Gasteiger partial charge is 0.262 e. The largest absolute Gasteiger partial charge is 0.497 e. The number of amides is 1. The summed E-state index contributed by atoms with van der Waals surface area (Å²) in [4.78, 5) is 24.4. The number of hydrogen-bond donors (Lipinski definition) is 1. The van der Waals surface area contributed by atoms with Gasteiger partial charge >= 0.3 is 0 Å². The standard InChI is InChI=1S/C24H23N3O4/c1-16(28)17-5-9-19(10-6-17)25-15-24(29)27-22(23-4-3-13-31-23)14-21(26-27)18-7-11-20(30-2)12-8-18/h3-13,22,25H,14-15H2,1-2H3. The lowest BCUT2D eigenvalue weighted by atomic mass is 10.0. The third kappa shape index (κ3) is 4.50. The Kier molecular flexibility index (Phi) is 5.84. The molecule has 1 aromatic heterocycles. The number of ether oxygens (including phenoxy) is 1. The summed E-state index contributed by atoms with van der Waals surface area (Å²) in [5.41, 5.74) is 3.12. The summed E-state index contributed by atoms with van der Waals surface area (Å²) < 4.78 is 10.8. The quantitative estimate of drug-likeness (QED) is 0.580. The van der Waals surface area contributed by atoms with Crippen molar-refractivity contribution >= 4 is 23.1 Å². The van der Waals surface area contributed by atoms with Gasteiger partial charge < -0.3 is 14.5 Å². The number of nitrogens with one attached hydrogen (secondary N) is 1. The van der Waals surface area contributed by atoms with Crippen molar-refractivity contribution in [1.82, 2.24) is 5.01 Å². The van der Waals surface area contributed by atoms with Crippen LogP contribution >= 0.6 is 0 Å². The van der Waals surface area contributed by atoms with E-state index in [4.69, 9.17) is 9.15 Å². The molecule has 0 radical (unpaired) electrons.